The summed E-state index contributed by atoms with van der Waals surface area (Å²) in [6.07, 6.45) is 4.01. The van der Waals surface area contributed by atoms with Crippen LogP contribution in [0.4, 0.5) is 4.39 Å². The maximum atomic E-state index is 12.9. The van der Waals surface area contributed by atoms with Crippen molar-refractivity contribution in [1.29, 1.82) is 0 Å². The lowest BCUT2D eigenvalue weighted by Gasteiger charge is -2.14. The molecule has 1 aromatic rings. The van der Waals surface area contributed by atoms with Crippen LogP contribution in [0.3, 0.4) is 0 Å². The summed E-state index contributed by atoms with van der Waals surface area (Å²) in [4.78, 5) is 11.9. The molecule has 0 radical (unpaired) electrons. The smallest absolute Gasteiger partial charge is 0.252 e. The standard InChI is InChI=1S/C14H16ClFN2O/c15-13-9-11(16)1-2-12(13)14(19)18-8-5-10-3-6-17-7-4-10/h1-3,9,17H,4-8H2,(H,18,19). The fourth-order valence-corrected chi connectivity index (χ4v) is 2.26. The second-order valence-corrected chi connectivity index (χ2v) is 4.85. The number of hydrogen-bond donors (Lipinski definition) is 2. The largest absolute Gasteiger partial charge is 0.352 e. The highest BCUT2D eigenvalue weighted by Crippen LogP contribution is 2.17. The molecular formula is C14H16ClFN2O. The Morgan fingerprint density at radius 2 is 2.32 bits per heavy atom. The molecule has 2 N–H and O–H groups in total. The van der Waals surface area contributed by atoms with Crippen molar-refractivity contribution in [3.63, 3.8) is 0 Å². The van der Waals surface area contributed by atoms with Crippen LogP contribution < -0.4 is 10.6 Å². The second-order valence-electron chi connectivity index (χ2n) is 4.45. The molecular weight excluding hydrogens is 267 g/mol. The van der Waals surface area contributed by atoms with Crippen molar-refractivity contribution < 1.29 is 9.18 Å². The van der Waals surface area contributed by atoms with Crippen LogP contribution in [0.25, 0.3) is 0 Å². The number of hydrogen-bond acceptors (Lipinski definition) is 2. The molecule has 1 amide bonds. The fraction of sp³-hybridized carbons (Fsp3) is 0.357. The van der Waals surface area contributed by atoms with Gasteiger partial charge in [-0.15, -0.1) is 0 Å². The molecule has 1 heterocycles. The van der Waals surface area contributed by atoms with Gasteiger partial charge in [0.15, 0.2) is 0 Å². The molecule has 0 bridgehead atoms. The van der Waals surface area contributed by atoms with E-state index in [4.69, 9.17) is 11.6 Å². The maximum Gasteiger partial charge on any atom is 0.252 e. The van der Waals surface area contributed by atoms with Crippen LogP contribution >= 0.6 is 11.6 Å². The van der Waals surface area contributed by atoms with E-state index in [9.17, 15) is 9.18 Å². The molecule has 0 spiro atoms. The van der Waals surface area contributed by atoms with Crippen molar-refractivity contribution in [1.82, 2.24) is 10.6 Å². The Kier molecular flexibility index (Phi) is 4.93. The van der Waals surface area contributed by atoms with Gasteiger partial charge < -0.3 is 10.6 Å². The van der Waals surface area contributed by atoms with Crippen molar-refractivity contribution in [2.24, 2.45) is 0 Å². The van der Waals surface area contributed by atoms with Gasteiger partial charge in [-0.3, -0.25) is 4.79 Å². The van der Waals surface area contributed by atoms with E-state index in [0.29, 0.717) is 12.1 Å². The highest BCUT2D eigenvalue weighted by molar-refractivity contribution is 6.33. The van der Waals surface area contributed by atoms with Gasteiger partial charge in [-0.25, -0.2) is 4.39 Å². The van der Waals surface area contributed by atoms with Gasteiger partial charge in [0.05, 0.1) is 10.6 Å². The van der Waals surface area contributed by atoms with Crippen molar-refractivity contribution in [2.45, 2.75) is 12.8 Å². The zero-order chi connectivity index (χ0) is 13.7. The molecule has 19 heavy (non-hydrogen) atoms. The molecule has 0 saturated heterocycles. The fourth-order valence-electron chi connectivity index (χ4n) is 2.00. The molecule has 5 heteroatoms. The first-order chi connectivity index (χ1) is 9.16. The second kappa shape index (κ2) is 6.68. The number of amides is 1. The molecule has 3 nitrogen and oxygen atoms in total. The molecule has 0 aliphatic carbocycles. The predicted molar refractivity (Wildman–Crippen MR) is 73.9 cm³/mol. The Bertz CT molecular complexity index is 502. The Morgan fingerprint density at radius 3 is 3.00 bits per heavy atom. The summed E-state index contributed by atoms with van der Waals surface area (Å²) in [7, 11) is 0. The van der Waals surface area contributed by atoms with Gasteiger partial charge in [0.25, 0.3) is 5.91 Å². The van der Waals surface area contributed by atoms with Crippen LogP contribution in [0.2, 0.25) is 5.02 Å². The Labute approximate surface area is 116 Å². The van der Waals surface area contributed by atoms with Crippen molar-refractivity contribution in [3.8, 4) is 0 Å². The number of nitrogens with one attached hydrogen (secondary N) is 2. The van der Waals surface area contributed by atoms with Gasteiger partial charge in [0.2, 0.25) is 0 Å². The normalized spacial score (nSPS) is 14.9. The lowest BCUT2D eigenvalue weighted by Crippen LogP contribution is -2.26. The average Bonchev–Trinajstić information content (AvgIpc) is 2.39. The third-order valence-electron chi connectivity index (χ3n) is 3.07. The van der Waals surface area contributed by atoms with E-state index in [2.05, 4.69) is 16.7 Å². The molecule has 0 fully saturated rings. The molecule has 102 valence electrons. The van der Waals surface area contributed by atoms with Gasteiger partial charge in [-0.1, -0.05) is 23.3 Å². The van der Waals surface area contributed by atoms with E-state index in [0.717, 1.165) is 32.0 Å². The minimum atomic E-state index is -0.443. The van der Waals surface area contributed by atoms with E-state index in [1.54, 1.807) is 0 Å². The average molecular weight is 283 g/mol. The topological polar surface area (TPSA) is 41.1 Å². The summed E-state index contributed by atoms with van der Waals surface area (Å²) < 4.78 is 12.9. The summed E-state index contributed by atoms with van der Waals surface area (Å²) in [5.74, 6) is -0.707. The number of benzene rings is 1. The van der Waals surface area contributed by atoms with Crippen molar-refractivity contribution in [3.05, 3.63) is 46.3 Å². The molecule has 1 aromatic carbocycles. The lowest BCUT2D eigenvalue weighted by atomic mass is 10.1. The lowest BCUT2D eigenvalue weighted by molar-refractivity contribution is 0.0954. The first-order valence-electron chi connectivity index (χ1n) is 6.28. The van der Waals surface area contributed by atoms with E-state index in [1.165, 1.54) is 17.7 Å². The zero-order valence-electron chi connectivity index (χ0n) is 10.5. The quantitative estimate of drug-likeness (QED) is 0.833. The maximum absolute atomic E-state index is 12.9. The summed E-state index contributed by atoms with van der Waals surface area (Å²) in [6, 6.07) is 3.78. The van der Waals surface area contributed by atoms with Gasteiger partial charge in [-0.05, 0) is 37.6 Å². The van der Waals surface area contributed by atoms with Crippen LogP contribution in [-0.4, -0.2) is 25.5 Å². The molecule has 1 aliphatic heterocycles. The molecule has 2 rings (SSSR count). The minimum absolute atomic E-state index is 0.138. The summed E-state index contributed by atoms with van der Waals surface area (Å²) >= 11 is 5.83. The van der Waals surface area contributed by atoms with Crippen molar-refractivity contribution >= 4 is 17.5 Å². The minimum Gasteiger partial charge on any atom is -0.352 e. The molecule has 0 unspecified atom stereocenters. The van der Waals surface area contributed by atoms with Crippen LogP contribution in [-0.2, 0) is 0 Å². The molecule has 1 aliphatic rings. The third-order valence-corrected chi connectivity index (χ3v) is 3.38. The molecule has 0 saturated carbocycles. The predicted octanol–water partition coefficient (Wildman–Crippen LogP) is 2.52. The Hall–Kier alpha value is -1.39. The van der Waals surface area contributed by atoms with Crippen LogP contribution in [0, 0.1) is 5.82 Å². The van der Waals surface area contributed by atoms with Crippen LogP contribution in [0.5, 0.6) is 0 Å². The van der Waals surface area contributed by atoms with Crippen molar-refractivity contribution in [2.75, 3.05) is 19.6 Å². The highest BCUT2D eigenvalue weighted by Gasteiger charge is 2.11. The number of carbonyl (C=O) groups is 1. The van der Waals surface area contributed by atoms with Gasteiger partial charge in [0.1, 0.15) is 5.82 Å². The zero-order valence-corrected chi connectivity index (χ0v) is 11.3. The Morgan fingerprint density at radius 1 is 1.47 bits per heavy atom. The van der Waals surface area contributed by atoms with Crippen LogP contribution in [0.1, 0.15) is 23.2 Å². The summed E-state index contributed by atoms with van der Waals surface area (Å²) in [5, 5.41) is 6.17. The Balaban J connectivity index is 1.85. The SMILES string of the molecule is O=C(NCCC1=CCNCC1)c1ccc(F)cc1Cl. The summed E-state index contributed by atoms with van der Waals surface area (Å²) in [5.41, 5.74) is 1.66. The van der Waals surface area contributed by atoms with E-state index in [1.807, 2.05) is 0 Å². The molecule has 0 aromatic heterocycles. The van der Waals surface area contributed by atoms with E-state index < -0.39 is 5.82 Å². The third kappa shape index (κ3) is 4.04. The molecule has 0 atom stereocenters. The number of rotatable bonds is 4. The number of carbonyl (C=O) groups excluding carboxylic acids is 1. The highest BCUT2D eigenvalue weighted by atomic mass is 35.5. The van der Waals surface area contributed by atoms with Gasteiger partial charge in [-0.2, -0.15) is 0 Å². The van der Waals surface area contributed by atoms with E-state index >= 15 is 0 Å². The monoisotopic (exact) mass is 282 g/mol. The first kappa shape index (κ1) is 14.0. The number of halogens is 2. The van der Waals surface area contributed by atoms with Crippen LogP contribution in [0.15, 0.2) is 29.8 Å². The first-order valence-corrected chi connectivity index (χ1v) is 6.66. The summed E-state index contributed by atoms with van der Waals surface area (Å²) in [6.45, 7) is 2.45. The van der Waals surface area contributed by atoms with E-state index in [-0.39, 0.29) is 10.9 Å². The van der Waals surface area contributed by atoms with Gasteiger partial charge in [0, 0.05) is 13.1 Å². The van der Waals surface area contributed by atoms with Gasteiger partial charge >= 0.3 is 0 Å².